The van der Waals surface area contributed by atoms with Crippen LogP contribution in [0.1, 0.15) is 35.2 Å². The molecule has 1 N–H and O–H groups in total. The van der Waals surface area contributed by atoms with Gasteiger partial charge >= 0.3 is 0 Å². The molecule has 5 heteroatoms. The molecule has 0 aliphatic carbocycles. The van der Waals surface area contributed by atoms with Crippen LogP contribution in [0.15, 0.2) is 54.9 Å². The maximum atomic E-state index is 5.55. The first kappa shape index (κ1) is 16.4. The van der Waals surface area contributed by atoms with Gasteiger partial charge in [0.1, 0.15) is 18.1 Å². The summed E-state index contributed by atoms with van der Waals surface area (Å²) in [6.07, 6.45) is 3.78. The number of ether oxygens (including phenoxy) is 1. The van der Waals surface area contributed by atoms with Gasteiger partial charge in [0.2, 0.25) is 5.95 Å². The summed E-state index contributed by atoms with van der Waals surface area (Å²) in [5, 5.41) is 7.80. The van der Waals surface area contributed by atoms with Gasteiger partial charge in [0.15, 0.2) is 0 Å². The highest BCUT2D eigenvalue weighted by Crippen LogP contribution is 2.33. The van der Waals surface area contributed by atoms with Crippen molar-refractivity contribution in [2.45, 2.75) is 26.8 Å². The molecule has 0 saturated heterocycles. The van der Waals surface area contributed by atoms with Crippen LogP contribution in [-0.4, -0.2) is 21.4 Å². The van der Waals surface area contributed by atoms with Crippen molar-refractivity contribution in [1.82, 2.24) is 14.8 Å². The van der Waals surface area contributed by atoms with Crippen molar-refractivity contribution in [2.24, 2.45) is 0 Å². The van der Waals surface area contributed by atoms with Gasteiger partial charge in [0.05, 0.1) is 6.61 Å². The molecule has 1 atom stereocenters. The van der Waals surface area contributed by atoms with Crippen molar-refractivity contribution in [3.63, 3.8) is 0 Å². The van der Waals surface area contributed by atoms with Crippen LogP contribution in [0.4, 0.5) is 5.95 Å². The molecule has 132 valence electrons. The van der Waals surface area contributed by atoms with E-state index in [1.807, 2.05) is 23.7 Å². The number of anilines is 1. The lowest BCUT2D eigenvalue weighted by atomic mass is 9.99. The van der Waals surface area contributed by atoms with Gasteiger partial charge in [0, 0.05) is 5.70 Å². The second-order valence-electron chi connectivity index (χ2n) is 6.48. The van der Waals surface area contributed by atoms with Crippen molar-refractivity contribution in [3.8, 4) is 5.75 Å². The molecule has 0 unspecified atom stereocenters. The average molecular weight is 346 g/mol. The fourth-order valence-electron chi connectivity index (χ4n) is 3.18. The zero-order valence-electron chi connectivity index (χ0n) is 15.2. The first-order chi connectivity index (χ1) is 12.7. The zero-order chi connectivity index (χ0) is 18.1. The van der Waals surface area contributed by atoms with E-state index in [9.17, 15) is 0 Å². The van der Waals surface area contributed by atoms with Crippen LogP contribution in [0.3, 0.4) is 0 Å². The standard InChI is InChI=1S/C21H22N4O/c1-4-26-18-9-7-16(8-10-18)20-12-19(24-21-22-13-23-25(20)21)17-6-5-14(2)15(3)11-17/h5-13,20H,4H2,1-3H3,(H,22,23,24)/t20-/m1/s1. The summed E-state index contributed by atoms with van der Waals surface area (Å²) in [5.74, 6) is 1.63. The Balaban J connectivity index is 1.74. The second-order valence-corrected chi connectivity index (χ2v) is 6.48. The normalized spacial score (nSPS) is 15.8. The van der Waals surface area contributed by atoms with Gasteiger partial charge in [-0.2, -0.15) is 10.1 Å². The number of allylic oxidation sites excluding steroid dienone is 1. The molecule has 1 aliphatic heterocycles. The lowest BCUT2D eigenvalue weighted by molar-refractivity contribution is 0.340. The number of benzene rings is 2. The quantitative estimate of drug-likeness (QED) is 0.763. The number of fused-ring (bicyclic) bond motifs is 1. The zero-order valence-corrected chi connectivity index (χ0v) is 15.2. The molecule has 3 aromatic rings. The van der Waals surface area contributed by atoms with Crippen molar-refractivity contribution in [3.05, 3.63) is 77.1 Å². The number of nitrogens with zero attached hydrogens (tertiary/aromatic N) is 3. The van der Waals surface area contributed by atoms with Crippen molar-refractivity contribution in [1.29, 1.82) is 0 Å². The Labute approximate surface area is 153 Å². The molecule has 1 aliphatic rings. The smallest absolute Gasteiger partial charge is 0.226 e. The minimum atomic E-state index is -0.0129. The Morgan fingerprint density at radius 3 is 2.62 bits per heavy atom. The molecule has 0 bridgehead atoms. The van der Waals surface area contributed by atoms with Gasteiger partial charge < -0.3 is 10.1 Å². The largest absolute Gasteiger partial charge is 0.494 e. The molecule has 0 radical (unpaired) electrons. The first-order valence-corrected chi connectivity index (χ1v) is 8.84. The van der Waals surface area contributed by atoms with Gasteiger partial charge in [0.25, 0.3) is 0 Å². The summed E-state index contributed by atoms with van der Waals surface area (Å²) >= 11 is 0. The van der Waals surface area contributed by atoms with E-state index in [0.29, 0.717) is 6.61 Å². The maximum absolute atomic E-state index is 5.55. The topological polar surface area (TPSA) is 52.0 Å². The molecule has 0 fully saturated rings. The van der Waals surface area contributed by atoms with Gasteiger partial charge in [-0.1, -0.05) is 24.3 Å². The maximum Gasteiger partial charge on any atom is 0.226 e. The van der Waals surface area contributed by atoms with Crippen LogP contribution in [0.5, 0.6) is 5.75 Å². The molecule has 4 rings (SSSR count). The third-order valence-electron chi connectivity index (χ3n) is 4.76. The van der Waals surface area contributed by atoms with Crippen LogP contribution in [-0.2, 0) is 0 Å². The molecule has 5 nitrogen and oxygen atoms in total. The Bertz CT molecular complexity index is 956. The summed E-state index contributed by atoms with van der Waals surface area (Å²) in [4.78, 5) is 4.37. The van der Waals surface area contributed by atoms with E-state index in [-0.39, 0.29) is 6.04 Å². The Morgan fingerprint density at radius 1 is 1.08 bits per heavy atom. The van der Waals surface area contributed by atoms with E-state index < -0.39 is 0 Å². The molecule has 26 heavy (non-hydrogen) atoms. The van der Waals surface area contributed by atoms with Gasteiger partial charge in [-0.25, -0.2) is 4.68 Å². The van der Waals surface area contributed by atoms with Crippen LogP contribution >= 0.6 is 0 Å². The number of hydrogen-bond acceptors (Lipinski definition) is 4. The fraction of sp³-hybridized carbons (Fsp3) is 0.238. The molecular weight excluding hydrogens is 324 g/mol. The third-order valence-corrected chi connectivity index (χ3v) is 4.76. The molecule has 0 spiro atoms. The van der Waals surface area contributed by atoms with Crippen molar-refractivity contribution < 1.29 is 4.74 Å². The summed E-state index contributed by atoms with van der Waals surface area (Å²) in [5.41, 5.74) is 5.90. The molecule has 0 saturated carbocycles. The molecule has 1 aromatic heterocycles. The molecule has 2 aromatic carbocycles. The highest BCUT2D eigenvalue weighted by molar-refractivity contribution is 5.77. The van der Waals surface area contributed by atoms with E-state index in [1.165, 1.54) is 11.1 Å². The summed E-state index contributed by atoms with van der Waals surface area (Å²) in [6.45, 7) is 6.91. The monoisotopic (exact) mass is 346 g/mol. The van der Waals surface area contributed by atoms with E-state index in [4.69, 9.17) is 4.74 Å². The van der Waals surface area contributed by atoms with Gasteiger partial charge in [-0.15, -0.1) is 0 Å². The first-order valence-electron chi connectivity index (χ1n) is 8.84. The lowest BCUT2D eigenvalue weighted by Gasteiger charge is -2.25. The predicted octanol–water partition coefficient (Wildman–Crippen LogP) is 4.35. The number of rotatable bonds is 4. The van der Waals surface area contributed by atoms with Crippen LogP contribution in [0.25, 0.3) is 5.70 Å². The highest BCUT2D eigenvalue weighted by Gasteiger charge is 2.23. The Kier molecular flexibility index (Phi) is 4.21. The minimum absolute atomic E-state index is 0.0129. The third kappa shape index (κ3) is 2.96. The Hall–Kier alpha value is -3.08. The van der Waals surface area contributed by atoms with Gasteiger partial charge in [-0.05, 0) is 67.3 Å². The molecular formula is C21H22N4O. The van der Waals surface area contributed by atoms with Crippen LogP contribution < -0.4 is 10.1 Å². The fourth-order valence-corrected chi connectivity index (χ4v) is 3.18. The lowest BCUT2D eigenvalue weighted by Crippen LogP contribution is -2.20. The molecule has 2 heterocycles. The average Bonchev–Trinajstić information content (AvgIpc) is 3.13. The van der Waals surface area contributed by atoms with Crippen LogP contribution in [0, 0.1) is 13.8 Å². The predicted molar refractivity (Wildman–Crippen MR) is 103 cm³/mol. The van der Waals surface area contributed by atoms with Crippen LogP contribution in [0.2, 0.25) is 0 Å². The number of aromatic nitrogens is 3. The minimum Gasteiger partial charge on any atom is -0.494 e. The second kappa shape index (κ2) is 6.67. The highest BCUT2D eigenvalue weighted by atomic mass is 16.5. The van der Waals surface area contributed by atoms with E-state index in [1.54, 1.807) is 6.33 Å². The number of hydrogen-bond donors (Lipinski definition) is 1. The number of aryl methyl sites for hydroxylation is 2. The molecule has 0 amide bonds. The van der Waals surface area contributed by atoms with E-state index in [2.05, 4.69) is 65.7 Å². The van der Waals surface area contributed by atoms with E-state index in [0.717, 1.165) is 28.5 Å². The van der Waals surface area contributed by atoms with Crippen molar-refractivity contribution in [2.75, 3.05) is 11.9 Å². The summed E-state index contributed by atoms with van der Waals surface area (Å²) in [7, 11) is 0. The Morgan fingerprint density at radius 2 is 1.88 bits per heavy atom. The van der Waals surface area contributed by atoms with Gasteiger partial charge in [-0.3, -0.25) is 0 Å². The van der Waals surface area contributed by atoms with E-state index >= 15 is 0 Å². The SMILES string of the molecule is CCOc1ccc([C@H]2C=C(c3ccc(C)c(C)c3)Nc3ncnn32)cc1. The summed E-state index contributed by atoms with van der Waals surface area (Å²) < 4.78 is 7.46. The number of nitrogens with one attached hydrogen (secondary N) is 1. The van der Waals surface area contributed by atoms with Crippen molar-refractivity contribution >= 4 is 11.6 Å². The summed E-state index contributed by atoms with van der Waals surface area (Å²) in [6, 6.07) is 14.7.